The molecule has 2 rings (SSSR count). The van der Waals surface area contributed by atoms with Gasteiger partial charge in [-0.15, -0.1) is 0 Å². The molecular weight excluding hydrogens is 301 g/mol. The molecule has 0 bridgehead atoms. The van der Waals surface area contributed by atoms with Crippen molar-refractivity contribution in [1.29, 1.82) is 0 Å². The SMILES string of the molecule is CC(C)NCc1noc(-c2cc(F)cc(Br)c2)n1. The summed E-state index contributed by atoms with van der Waals surface area (Å²) in [5.41, 5.74) is 0.560. The Morgan fingerprint density at radius 3 is 2.83 bits per heavy atom. The van der Waals surface area contributed by atoms with Crippen molar-refractivity contribution in [2.45, 2.75) is 26.4 Å². The molecule has 6 heteroatoms. The summed E-state index contributed by atoms with van der Waals surface area (Å²) in [7, 11) is 0. The Hall–Kier alpha value is -1.27. The first-order chi connectivity index (χ1) is 8.54. The van der Waals surface area contributed by atoms with Crippen LogP contribution in [0.2, 0.25) is 0 Å². The highest BCUT2D eigenvalue weighted by atomic mass is 79.9. The summed E-state index contributed by atoms with van der Waals surface area (Å²) in [4.78, 5) is 4.21. The fourth-order valence-electron chi connectivity index (χ4n) is 1.42. The van der Waals surface area contributed by atoms with E-state index in [0.29, 0.717) is 34.3 Å². The maximum atomic E-state index is 13.2. The van der Waals surface area contributed by atoms with Gasteiger partial charge in [0.25, 0.3) is 5.89 Å². The van der Waals surface area contributed by atoms with Crippen LogP contribution < -0.4 is 5.32 Å². The molecular formula is C12H13BrFN3O. The molecule has 0 aliphatic rings. The summed E-state index contributed by atoms with van der Waals surface area (Å²) < 4.78 is 19.0. The minimum absolute atomic E-state index is 0.316. The number of halogens is 2. The second kappa shape index (κ2) is 5.58. The van der Waals surface area contributed by atoms with E-state index >= 15 is 0 Å². The molecule has 4 nitrogen and oxygen atoms in total. The van der Waals surface area contributed by atoms with Gasteiger partial charge in [0.15, 0.2) is 5.82 Å². The van der Waals surface area contributed by atoms with Crippen molar-refractivity contribution in [3.8, 4) is 11.5 Å². The highest BCUT2D eigenvalue weighted by Crippen LogP contribution is 2.23. The number of rotatable bonds is 4. The smallest absolute Gasteiger partial charge is 0.258 e. The van der Waals surface area contributed by atoms with Crippen molar-refractivity contribution in [3.63, 3.8) is 0 Å². The molecule has 0 spiro atoms. The van der Waals surface area contributed by atoms with Crippen LogP contribution in [-0.4, -0.2) is 16.2 Å². The van der Waals surface area contributed by atoms with E-state index in [2.05, 4.69) is 31.4 Å². The zero-order chi connectivity index (χ0) is 13.1. The van der Waals surface area contributed by atoms with E-state index in [1.807, 2.05) is 13.8 Å². The maximum absolute atomic E-state index is 13.2. The lowest BCUT2D eigenvalue weighted by atomic mass is 10.2. The molecule has 0 saturated heterocycles. The zero-order valence-corrected chi connectivity index (χ0v) is 11.7. The van der Waals surface area contributed by atoms with Crippen LogP contribution in [0.1, 0.15) is 19.7 Å². The summed E-state index contributed by atoms with van der Waals surface area (Å²) >= 11 is 3.22. The predicted octanol–water partition coefficient (Wildman–Crippen LogP) is 3.14. The Balaban J connectivity index is 2.18. The third-order valence-electron chi connectivity index (χ3n) is 2.25. The first-order valence-corrected chi connectivity index (χ1v) is 6.36. The van der Waals surface area contributed by atoms with Crippen LogP contribution in [-0.2, 0) is 6.54 Å². The van der Waals surface area contributed by atoms with E-state index in [-0.39, 0.29) is 5.82 Å². The number of hydrogen-bond donors (Lipinski definition) is 1. The minimum Gasteiger partial charge on any atom is -0.334 e. The van der Waals surface area contributed by atoms with Gasteiger partial charge < -0.3 is 9.84 Å². The average Bonchev–Trinajstić information content (AvgIpc) is 2.73. The van der Waals surface area contributed by atoms with E-state index in [0.717, 1.165) is 0 Å². The standard InChI is InChI=1S/C12H13BrFN3O/c1-7(2)15-6-11-16-12(18-17-11)8-3-9(13)5-10(14)4-8/h3-5,7,15H,6H2,1-2H3. The molecule has 1 aromatic heterocycles. The van der Waals surface area contributed by atoms with Crippen LogP contribution >= 0.6 is 15.9 Å². The number of nitrogens with one attached hydrogen (secondary N) is 1. The molecule has 0 radical (unpaired) electrons. The van der Waals surface area contributed by atoms with Gasteiger partial charge in [-0.25, -0.2) is 4.39 Å². The van der Waals surface area contributed by atoms with Gasteiger partial charge in [0.05, 0.1) is 6.54 Å². The average molecular weight is 314 g/mol. The Morgan fingerprint density at radius 2 is 2.17 bits per heavy atom. The van der Waals surface area contributed by atoms with Crippen LogP contribution in [0.25, 0.3) is 11.5 Å². The summed E-state index contributed by atoms with van der Waals surface area (Å²) in [5, 5.41) is 7.02. The van der Waals surface area contributed by atoms with Crippen LogP contribution in [0.15, 0.2) is 27.2 Å². The van der Waals surface area contributed by atoms with Crippen molar-refractivity contribution >= 4 is 15.9 Å². The van der Waals surface area contributed by atoms with Crippen LogP contribution in [0.5, 0.6) is 0 Å². The molecule has 1 aromatic carbocycles. The molecule has 0 amide bonds. The summed E-state index contributed by atoms with van der Waals surface area (Å²) in [6.45, 7) is 4.59. The molecule has 0 atom stereocenters. The Labute approximate surface area is 113 Å². The van der Waals surface area contributed by atoms with Gasteiger partial charge in [-0.1, -0.05) is 34.9 Å². The van der Waals surface area contributed by atoms with Crippen molar-refractivity contribution in [1.82, 2.24) is 15.5 Å². The Bertz CT molecular complexity index is 522. The Morgan fingerprint density at radius 1 is 1.39 bits per heavy atom. The van der Waals surface area contributed by atoms with Crippen LogP contribution in [0.3, 0.4) is 0 Å². The van der Waals surface area contributed by atoms with Gasteiger partial charge in [-0.05, 0) is 18.2 Å². The van der Waals surface area contributed by atoms with Gasteiger partial charge >= 0.3 is 0 Å². The van der Waals surface area contributed by atoms with Gasteiger partial charge in [0.1, 0.15) is 5.82 Å². The van der Waals surface area contributed by atoms with E-state index in [9.17, 15) is 4.39 Å². The van der Waals surface area contributed by atoms with Crippen molar-refractivity contribution in [3.05, 3.63) is 34.3 Å². The van der Waals surface area contributed by atoms with Gasteiger partial charge in [-0.2, -0.15) is 4.98 Å². The number of benzene rings is 1. The lowest BCUT2D eigenvalue weighted by Crippen LogP contribution is -2.22. The van der Waals surface area contributed by atoms with E-state index in [4.69, 9.17) is 4.52 Å². The van der Waals surface area contributed by atoms with E-state index in [1.54, 1.807) is 6.07 Å². The highest BCUT2D eigenvalue weighted by Gasteiger charge is 2.10. The fraction of sp³-hybridized carbons (Fsp3) is 0.333. The second-order valence-corrected chi connectivity index (χ2v) is 5.13. The van der Waals surface area contributed by atoms with Gasteiger partial charge in [0, 0.05) is 16.1 Å². The molecule has 1 N–H and O–H groups in total. The molecule has 0 saturated carbocycles. The first-order valence-electron chi connectivity index (χ1n) is 5.57. The number of hydrogen-bond acceptors (Lipinski definition) is 4. The van der Waals surface area contributed by atoms with Gasteiger partial charge in [-0.3, -0.25) is 0 Å². The fourth-order valence-corrected chi connectivity index (χ4v) is 1.88. The molecule has 0 unspecified atom stereocenters. The monoisotopic (exact) mass is 313 g/mol. The van der Waals surface area contributed by atoms with Crippen molar-refractivity contribution in [2.75, 3.05) is 0 Å². The Kier molecular flexibility index (Phi) is 4.08. The lowest BCUT2D eigenvalue weighted by Gasteiger charge is -2.03. The predicted molar refractivity (Wildman–Crippen MR) is 69.4 cm³/mol. The topological polar surface area (TPSA) is 51.0 Å². The van der Waals surface area contributed by atoms with Crippen LogP contribution in [0.4, 0.5) is 4.39 Å². The summed E-state index contributed by atoms with van der Waals surface area (Å²) in [5.74, 6) is 0.522. The first kappa shape index (κ1) is 13.2. The van der Waals surface area contributed by atoms with Gasteiger partial charge in [0.2, 0.25) is 0 Å². The molecule has 0 aliphatic carbocycles. The largest absolute Gasteiger partial charge is 0.334 e. The van der Waals surface area contributed by atoms with Crippen molar-refractivity contribution in [2.24, 2.45) is 0 Å². The van der Waals surface area contributed by atoms with E-state index in [1.165, 1.54) is 12.1 Å². The molecule has 0 aliphatic heterocycles. The highest BCUT2D eigenvalue weighted by molar-refractivity contribution is 9.10. The second-order valence-electron chi connectivity index (χ2n) is 4.21. The summed E-state index contributed by atoms with van der Waals surface area (Å²) in [6.07, 6.45) is 0. The third kappa shape index (κ3) is 3.36. The number of aromatic nitrogens is 2. The van der Waals surface area contributed by atoms with Crippen LogP contribution in [0, 0.1) is 5.82 Å². The molecule has 0 fully saturated rings. The maximum Gasteiger partial charge on any atom is 0.258 e. The molecule has 18 heavy (non-hydrogen) atoms. The minimum atomic E-state index is -0.348. The van der Waals surface area contributed by atoms with Crippen molar-refractivity contribution < 1.29 is 8.91 Å². The lowest BCUT2D eigenvalue weighted by molar-refractivity contribution is 0.417. The normalized spacial score (nSPS) is 11.2. The molecule has 2 aromatic rings. The number of nitrogens with zero attached hydrogens (tertiary/aromatic N) is 2. The summed E-state index contributed by atoms with van der Waals surface area (Å²) in [6, 6.07) is 4.81. The molecule has 1 heterocycles. The third-order valence-corrected chi connectivity index (χ3v) is 2.70. The zero-order valence-electron chi connectivity index (χ0n) is 10.1. The quantitative estimate of drug-likeness (QED) is 0.942. The van der Waals surface area contributed by atoms with E-state index < -0.39 is 0 Å². The molecule has 96 valence electrons.